The second-order valence-corrected chi connectivity index (χ2v) is 5.62. The van der Waals surface area contributed by atoms with E-state index >= 15 is 0 Å². The fourth-order valence-corrected chi connectivity index (χ4v) is 2.49. The fourth-order valence-electron chi connectivity index (χ4n) is 2.10. The highest BCUT2D eigenvalue weighted by Crippen LogP contribution is 2.38. The number of methoxy groups -OCH3 is 3. The van der Waals surface area contributed by atoms with Crippen LogP contribution >= 0.6 is 23.8 Å². The molecule has 6 nitrogen and oxygen atoms in total. The molecule has 2 N–H and O–H groups in total. The number of nitrogens with one attached hydrogen (secondary N) is 2. The highest BCUT2D eigenvalue weighted by atomic mass is 35.5. The van der Waals surface area contributed by atoms with Crippen molar-refractivity contribution in [3.63, 3.8) is 0 Å². The molecular formula is C17H17ClN2O4S. The lowest BCUT2D eigenvalue weighted by Gasteiger charge is -2.15. The minimum absolute atomic E-state index is 0.117. The first-order valence-electron chi connectivity index (χ1n) is 7.17. The molecule has 0 radical (unpaired) electrons. The Bertz CT molecular complexity index is 773. The van der Waals surface area contributed by atoms with Crippen LogP contribution in [0.3, 0.4) is 0 Å². The van der Waals surface area contributed by atoms with E-state index in [1.165, 1.54) is 33.5 Å². The van der Waals surface area contributed by atoms with Gasteiger partial charge in [0.05, 0.1) is 32.0 Å². The molecule has 2 rings (SSSR count). The zero-order chi connectivity index (χ0) is 18.4. The lowest BCUT2D eigenvalue weighted by molar-refractivity contribution is 0.0977. The number of halogens is 1. The molecule has 0 aliphatic heterocycles. The molecule has 2 aromatic rings. The summed E-state index contributed by atoms with van der Waals surface area (Å²) in [5, 5.41) is 6.06. The van der Waals surface area contributed by atoms with E-state index in [4.69, 9.17) is 38.0 Å². The predicted molar refractivity (Wildman–Crippen MR) is 101 cm³/mol. The molecule has 0 saturated heterocycles. The number of hydrogen-bond acceptors (Lipinski definition) is 5. The smallest absolute Gasteiger partial charge is 0.257 e. The van der Waals surface area contributed by atoms with E-state index in [-0.39, 0.29) is 5.11 Å². The van der Waals surface area contributed by atoms with Crippen LogP contribution in [0, 0.1) is 0 Å². The summed E-state index contributed by atoms with van der Waals surface area (Å²) < 4.78 is 15.7. The number of benzene rings is 2. The molecule has 1 amide bonds. The summed E-state index contributed by atoms with van der Waals surface area (Å²) in [6.45, 7) is 0. The Morgan fingerprint density at radius 2 is 1.64 bits per heavy atom. The van der Waals surface area contributed by atoms with Crippen LogP contribution in [0.4, 0.5) is 5.69 Å². The van der Waals surface area contributed by atoms with Gasteiger partial charge in [-0.3, -0.25) is 10.1 Å². The van der Waals surface area contributed by atoms with Crippen LogP contribution in [-0.4, -0.2) is 32.3 Å². The lowest BCUT2D eigenvalue weighted by Crippen LogP contribution is -2.34. The molecule has 0 atom stereocenters. The molecule has 0 aliphatic rings. The van der Waals surface area contributed by atoms with Crippen molar-refractivity contribution in [3.8, 4) is 17.2 Å². The van der Waals surface area contributed by atoms with Gasteiger partial charge in [-0.15, -0.1) is 0 Å². The van der Waals surface area contributed by atoms with Crippen molar-refractivity contribution in [2.24, 2.45) is 0 Å². The molecule has 2 aromatic carbocycles. The van der Waals surface area contributed by atoms with E-state index in [1.807, 2.05) is 0 Å². The summed E-state index contributed by atoms with van der Waals surface area (Å²) in [6.07, 6.45) is 0. The third-order valence-electron chi connectivity index (χ3n) is 3.28. The largest absolute Gasteiger partial charge is 0.493 e. The number of carbonyl (C=O) groups is 1. The maximum absolute atomic E-state index is 12.4. The van der Waals surface area contributed by atoms with Crippen molar-refractivity contribution < 1.29 is 19.0 Å². The monoisotopic (exact) mass is 380 g/mol. The Labute approximate surface area is 156 Å². The van der Waals surface area contributed by atoms with E-state index in [0.29, 0.717) is 33.5 Å². The second-order valence-electron chi connectivity index (χ2n) is 4.80. The Morgan fingerprint density at radius 1 is 1.04 bits per heavy atom. The Hall–Kier alpha value is -2.51. The SMILES string of the molecule is COc1cc(C(=O)NC(=S)Nc2ccccc2Cl)cc(OC)c1OC. The topological polar surface area (TPSA) is 68.8 Å². The number of amides is 1. The van der Waals surface area contributed by atoms with Crippen LogP contribution in [0.25, 0.3) is 0 Å². The average molecular weight is 381 g/mol. The van der Waals surface area contributed by atoms with E-state index in [2.05, 4.69) is 10.6 Å². The minimum atomic E-state index is -0.427. The summed E-state index contributed by atoms with van der Waals surface area (Å²) in [5.74, 6) is 0.719. The number of thiocarbonyl (C=S) groups is 1. The molecule has 0 saturated carbocycles. The second kappa shape index (κ2) is 8.55. The highest BCUT2D eigenvalue weighted by Gasteiger charge is 2.17. The van der Waals surface area contributed by atoms with Crippen LogP contribution in [0.1, 0.15) is 10.4 Å². The first-order chi connectivity index (χ1) is 12.0. The molecule has 25 heavy (non-hydrogen) atoms. The van der Waals surface area contributed by atoms with Gasteiger partial charge in [0.15, 0.2) is 16.6 Å². The number of carbonyl (C=O) groups excluding carboxylic acids is 1. The van der Waals surface area contributed by atoms with Crippen LogP contribution in [0.15, 0.2) is 36.4 Å². The van der Waals surface area contributed by atoms with Gasteiger partial charge in [-0.1, -0.05) is 23.7 Å². The number of rotatable bonds is 5. The summed E-state index contributed by atoms with van der Waals surface area (Å²) in [6, 6.07) is 10.1. The van der Waals surface area contributed by atoms with Gasteiger partial charge in [0.1, 0.15) is 0 Å². The van der Waals surface area contributed by atoms with E-state index in [9.17, 15) is 4.79 Å². The van der Waals surface area contributed by atoms with Gasteiger partial charge < -0.3 is 19.5 Å². The van der Waals surface area contributed by atoms with Crippen LogP contribution in [0.5, 0.6) is 17.2 Å². The zero-order valence-corrected chi connectivity index (χ0v) is 15.5. The molecule has 0 aromatic heterocycles. The van der Waals surface area contributed by atoms with Gasteiger partial charge in [-0.05, 0) is 36.5 Å². The van der Waals surface area contributed by atoms with Crippen LogP contribution in [-0.2, 0) is 0 Å². The fraction of sp³-hybridized carbons (Fsp3) is 0.176. The van der Waals surface area contributed by atoms with Crippen molar-refractivity contribution in [2.75, 3.05) is 26.6 Å². The first kappa shape index (κ1) is 18.8. The van der Waals surface area contributed by atoms with Gasteiger partial charge in [-0.2, -0.15) is 0 Å². The molecule has 0 fully saturated rings. The van der Waals surface area contributed by atoms with Gasteiger partial charge in [0.2, 0.25) is 5.75 Å². The molecule has 0 heterocycles. The molecule has 0 bridgehead atoms. The van der Waals surface area contributed by atoms with E-state index in [1.54, 1.807) is 24.3 Å². The van der Waals surface area contributed by atoms with Crippen LogP contribution in [0.2, 0.25) is 5.02 Å². The van der Waals surface area contributed by atoms with Crippen LogP contribution < -0.4 is 24.8 Å². The Morgan fingerprint density at radius 3 is 2.16 bits per heavy atom. The van der Waals surface area contributed by atoms with Crippen molar-refractivity contribution in [1.29, 1.82) is 0 Å². The normalized spacial score (nSPS) is 9.92. The molecular weight excluding hydrogens is 364 g/mol. The number of hydrogen-bond donors (Lipinski definition) is 2. The van der Waals surface area contributed by atoms with E-state index in [0.717, 1.165) is 0 Å². The molecule has 132 valence electrons. The summed E-state index contributed by atoms with van der Waals surface area (Å²) in [5.41, 5.74) is 0.900. The van der Waals surface area contributed by atoms with Gasteiger partial charge in [-0.25, -0.2) is 0 Å². The van der Waals surface area contributed by atoms with Gasteiger partial charge in [0, 0.05) is 5.56 Å². The third kappa shape index (κ3) is 4.52. The zero-order valence-electron chi connectivity index (χ0n) is 13.9. The van der Waals surface area contributed by atoms with Gasteiger partial charge >= 0.3 is 0 Å². The summed E-state index contributed by atoms with van der Waals surface area (Å²) in [7, 11) is 4.44. The maximum Gasteiger partial charge on any atom is 0.257 e. The van der Waals surface area contributed by atoms with Gasteiger partial charge in [0.25, 0.3) is 5.91 Å². The molecule has 0 unspecified atom stereocenters. The lowest BCUT2D eigenvalue weighted by atomic mass is 10.1. The quantitative estimate of drug-likeness (QED) is 0.774. The molecule has 8 heteroatoms. The number of para-hydroxylation sites is 1. The standard InChI is InChI=1S/C17H17ClN2O4S/c1-22-13-8-10(9-14(23-2)15(13)24-3)16(21)20-17(25)19-12-7-5-4-6-11(12)18/h4-9H,1-3H3,(H2,19,20,21,25). The summed E-state index contributed by atoms with van der Waals surface area (Å²) in [4.78, 5) is 12.4. The summed E-state index contributed by atoms with van der Waals surface area (Å²) >= 11 is 11.2. The Balaban J connectivity index is 2.17. The first-order valence-corrected chi connectivity index (χ1v) is 7.95. The number of ether oxygens (including phenoxy) is 3. The van der Waals surface area contributed by atoms with Crippen molar-refractivity contribution in [3.05, 3.63) is 47.0 Å². The average Bonchev–Trinajstić information content (AvgIpc) is 2.62. The van der Waals surface area contributed by atoms with Crippen molar-refractivity contribution in [2.45, 2.75) is 0 Å². The predicted octanol–water partition coefficient (Wildman–Crippen LogP) is 3.49. The highest BCUT2D eigenvalue weighted by molar-refractivity contribution is 7.80. The molecule has 0 spiro atoms. The molecule has 0 aliphatic carbocycles. The Kier molecular flexibility index (Phi) is 6.44. The van der Waals surface area contributed by atoms with Crippen molar-refractivity contribution in [1.82, 2.24) is 5.32 Å². The minimum Gasteiger partial charge on any atom is -0.493 e. The van der Waals surface area contributed by atoms with E-state index < -0.39 is 5.91 Å². The number of anilines is 1. The maximum atomic E-state index is 12.4. The van der Waals surface area contributed by atoms with Crippen molar-refractivity contribution >= 4 is 40.5 Å². The third-order valence-corrected chi connectivity index (χ3v) is 3.81.